The maximum absolute atomic E-state index is 11.6. The first-order chi connectivity index (χ1) is 8.46. The van der Waals surface area contributed by atoms with Gasteiger partial charge in [-0.25, -0.2) is 8.42 Å². The van der Waals surface area contributed by atoms with Gasteiger partial charge in [0, 0.05) is 11.2 Å². The molecule has 4 nitrogen and oxygen atoms in total. The Hall–Kier alpha value is -1.80. The Labute approximate surface area is 106 Å². The van der Waals surface area contributed by atoms with Crippen LogP contribution in [-0.4, -0.2) is 20.1 Å². The average molecular weight is 264 g/mol. The summed E-state index contributed by atoms with van der Waals surface area (Å²) in [7, 11) is -3.29. The summed E-state index contributed by atoms with van der Waals surface area (Å²) in [6, 6.07) is 7.16. The zero-order valence-electron chi connectivity index (χ0n) is 9.84. The van der Waals surface area contributed by atoms with Gasteiger partial charge in [0.1, 0.15) is 5.75 Å². The van der Waals surface area contributed by atoms with Gasteiger partial charge in [-0.2, -0.15) is 0 Å². The van der Waals surface area contributed by atoms with E-state index < -0.39 is 21.7 Å². The smallest absolute Gasteiger partial charge is 0.312 e. The molecule has 0 saturated heterocycles. The lowest BCUT2D eigenvalue weighted by molar-refractivity contribution is -0.134. The highest BCUT2D eigenvalue weighted by Gasteiger charge is 2.24. The van der Waals surface area contributed by atoms with E-state index >= 15 is 0 Å². The van der Waals surface area contributed by atoms with Crippen molar-refractivity contribution in [1.82, 2.24) is 0 Å². The SMILES string of the molecule is Cc1ccccc1OC(=O)CC1C#CS(=O)(=O)C1. The van der Waals surface area contributed by atoms with E-state index in [4.69, 9.17) is 4.74 Å². The first-order valence-corrected chi connectivity index (χ1v) is 7.13. The van der Waals surface area contributed by atoms with Crippen LogP contribution in [0.15, 0.2) is 24.3 Å². The molecule has 0 radical (unpaired) electrons. The van der Waals surface area contributed by atoms with Crippen LogP contribution in [0.5, 0.6) is 5.75 Å². The van der Waals surface area contributed by atoms with E-state index in [0.29, 0.717) is 5.75 Å². The Kier molecular flexibility index (Phi) is 3.39. The zero-order chi connectivity index (χ0) is 13.2. The molecule has 1 aromatic rings. The maximum atomic E-state index is 11.6. The van der Waals surface area contributed by atoms with Crippen molar-refractivity contribution in [1.29, 1.82) is 0 Å². The largest absolute Gasteiger partial charge is 0.426 e. The summed E-state index contributed by atoms with van der Waals surface area (Å²) in [5.74, 6) is 2.01. The van der Waals surface area contributed by atoms with Crippen LogP contribution >= 0.6 is 0 Å². The van der Waals surface area contributed by atoms with Gasteiger partial charge in [0.05, 0.1) is 12.2 Å². The third-order valence-corrected chi connectivity index (χ3v) is 3.84. The summed E-state index contributed by atoms with van der Waals surface area (Å²) in [6.45, 7) is 1.84. The van der Waals surface area contributed by atoms with Crippen molar-refractivity contribution in [3.63, 3.8) is 0 Å². The van der Waals surface area contributed by atoms with E-state index in [1.807, 2.05) is 19.1 Å². The molecule has 18 heavy (non-hydrogen) atoms. The fraction of sp³-hybridized carbons (Fsp3) is 0.308. The normalized spacial score (nSPS) is 19.9. The molecule has 1 aromatic carbocycles. The molecule has 1 atom stereocenters. The monoisotopic (exact) mass is 264 g/mol. The van der Waals surface area contributed by atoms with Gasteiger partial charge in [-0.1, -0.05) is 24.1 Å². The molecule has 0 fully saturated rings. The maximum Gasteiger partial charge on any atom is 0.312 e. The number of benzene rings is 1. The topological polar surface area (TPSA) is 60.4 Å². The Morgan fingerprint density at radius 1 is 1.44 bits per heavy atom. The van der Waals surface area contributed by atoms with Crippen LogP contribution in [0.25, 0.3) is 0 Å². The number of aryl methyl sites for hydroxylation is 1. The lowest BCUT2D eigenvalue weighted by atomic mass is 10.1. The van der Waals surface area contributed by atoms with Gasteiger partial charge >= 0.3 is 5.97 Å². The molecule has 1 aliphatic heterocycles. The molecule has 0 aromatic heterocycles. The number of carbonyl (C=O) groups excluding carboxylic acids is 1. The molecule has 0 bridgehead atoms. The molecule has 0 N–H and O–H groups in total. The van der Waals surface area contributed by atoms with Crippen molar-refractivity contribution in [2.24, 2.45) is 5.92 Å². The van der Waals surface area contributed by atoms with Crippen LogP contribution in [0, 0.1) is 24.0 Å². The fourth-order valence-corrected chi connectivity index (χ4v) is 2.83. The van der Waals surface area contributed by atoms with Crippen molar-refractivity contribution in [3.05, 3.63) is 29.8 Å². The molecule has 94 valence electrons. The van der Waals surface area contributed by atoms with E-state index in [1.165, 1.54) is 0 Å². The van der Waals surface area contributed by atoms with E-state index in [2.05, 4.69) is 11.2 Å². The molecule has 1 unspecified atom stereocenters. The van der Waals surface area contributed by atoms with Gasteiger partial charge in [0.2, 0.25) is 9.84 Å². The predicted molar refractivity (Wildman–Crippen MR) is 66.5 cm³/mol. The number of esters is 1. The van der Waals surface area contributed by atoms with E-state index in [9.17, 15) is 13.2 Å². The number of sulfone groups is 1. The predicted octanol–water partition coefficient (Wildman–Crippen LogP) is 1.30. The van der Waals surface area contributed by atoms with E-state index in [0.717, 1.165) is 5.56 Å². The minimum atomic E-state index is -3.29. The summed E-state index contributed by atoms with van der Waals surface area (Å²) >= 11 is 0. The Balaban J connectivity index is 1.96. The number of rotatable bonds is 3. The third-order valence-electron chi connectivity index (χ3n) is 2.57. The Morgan fingerprint density at radius 3 is 2.78 bits per heavy atom. The number of ether oxygens (including phenoxy) is 1. The number of hydrogen-bond acceptors (Lipinski definition) is 4. The molecule has 1 aliphatic rings. The molecular weight excluding hydrogens is 252 g/mol. The van der Waals surface area contributed by atoms with E-state index in [-0.39, 0.29) is 12.2 Å². The van der Waals surface area contributed by atoms with Crippen LogP contribution in [0.4, 0.5) is 0 Å². The summed E-state index contributed by atoms with van der Waals surface area (Å²) in [5.41, 5.74) is 0.857. The minimum Gasteiger partial charge on any atom is -0.426 e. The minimum absolute atomic E-state index is 0.000560. The van der Waals surface area contributed by atoms with Crippen molar-refractivity contribution in [3.8, 4) is 16.9 Å². The van der Waals surface area contributed by atoms with E-state index in [1.54, 1.807) is 12.1 Å². The highest BCUT2D eigenvalue weighted by atomic mass is 32.2. The molecular formula is C13H12O4S. The van der Waals surface area contributed by atoms with Crippen molar-refractivity contribution in [2.45, 2.75) is 13.3 Å². The highest BCUT2D eigenvalue weighted by Crippen LogP contribution is 2.19. The lowest BCUT2D eigenvalue weighted by Gasteiger charge is -2.08. The number of para-hydroxylation sites is 1. The van der Waals surface area contributed by atoms with Crippen molar-refractivity contribution >= 4 is 15.8 Å². The second kappa shape index (κ2) is 4.83. The van der Waals surface area contributed by atoms with Gasteiger partial charge in [-0.05, 0) is 18.6 Å². The molecule has 0 aliphatic carbocycles. The van der Waals surface area contributed by atoms with Gasteiger partial charge in [-0.3, -0.25) is 4.79 Å². The Bertz CT molecular complexity index is 634. The quantitative estimate of drug-likeness (QED) is 0.357. The van der Waals surface area contributed by atoms with Gasteiger partial charge in [0.25, 0.3) is 0 Å². The van der Waals surface area contributed by atoms with Crippen LogP contribution in [0.2, 0.25) is 0 Å². The third kappa shape index (κ3) is 3.11. The van der Waals surface area contributed by atoms with Crippen LogP contribution < -0.4 is 4.74 Å². The van der Waals surface area contributed by atoms with Crippen LogP contribution in [0.1, 0.15) is 12.0 Å². The summed E-state index contributed by atoms with van der Waals surface area (Å²) in [5, 5.41) is 2.14. The summed E-state index contributed by atoms with van der Waals surface area (Å²) < 4.78 is 27.4. The first kappa shape index (κ1) is 12.7. The van der Waals surface area contributed by atoms with Crippen LogP contribution in [0.3, 0.4) is 0 Å². The van der Waals surface area contributed by atoms with Gasteiger partial charge in [-0.15, -0.1) is 0 Å². The molecule has 5 heteroatoms. The zero-order valence-corrected chi connectivity index (χ0v) is 10.7. The van der Waals surface area contributed by atoms with Crippen LogP contribution in [-0.2, 0) is 14.6 Å². The standard InChI is InChI=1S/C13H12O4S/c1-10-4-2-3-5-12(10)17-13(14)8-11-6-7-18(15,16)9-11/h2-5,11H,8-9H2,1H3. The molecule has 0 saturated carbocycles. The number of carbonyl (C=O) groups is 1. The Morgan fingerprint density at radius 2 is 2.17 bits per heavy atom. The summed E-state index contributed by atoms with van der Waals surface area (Å²) in [6.07, 6.45) is 0.000560. The van der Waals surface area contributed by atoms with Gasteiger partial charge in [0.15, 0.2) is 0 Å². The second-order valence-electron chi connectivity index (χ2n) is 4.17. The van der Waals surface area contributed by atoms with Gasteiger partial charge < -0.3 is 4.74 Å². The summed E-state index contributed by atoms with van der Waals surface area (Å²) in [4.78, 5) is 11.6. The molecule has 1 heterocycles. The van der Waals surface area contributed by atoms with Crippen molar-refractivity contribution in [2.75, 3.05) is 5.75 Å². The average Bonchev–Trinajstić information content (AvgIpc) is 2.61. The fourth-order valence-electron chi connectivity index (χ4n) is 1.67. The van der Waals surface area contributed by atoms with Crippen molar-refractivity contribution < 1.29 is 17.9 Å². The number of hydrogen-bond donors (Lipinski definition) is 0. The molecule has 0 spiro atoms. The lowest BCUT2D eigenvalue weighted by Crippen LogP contribution is -2.16. The molecule has 2 rings (SSSR count). The second-order valence-corrected chi connectivity index (χ2v) is 5.94. The first-order valence-electron chi connectivity index (χ1n) is 5.47. The highest BCUT2D eigenvalue weighted by molar-refractivity contribution is 7.96. The molecule has 0 amide bonds.